The third-order valence-corrected chi connectivity index (χ3v) is 3.06. The van der Waals surface area contributed by atoms with Crippen LogP contribution in [0.5, 0.6) is 5.75 Å². The van der Waals surface area contributed by atoms with Crippen molar-refractivity contribution in [3.8, 4) is 5.75 Å². The number of alkyl halides is 5. The highest BCUT2D eigenvalue weighted by Gasteiger charge is 2.58. The van der Waals surface area contributed by atoms with Crippen LogP contribution in [0.2, 0.25) is 0 Å². The molecule has 0 unspecified atom stereocenters. The van der Waals surface area contributed by atoms with Crippen molar-refractivity contribution in [3.05, 3.63) is 28.2 Å². The van der Waals surface area contributed by atoms with Crippen molar-refractivity contribution in [2.24, 2.45) is 0 Å². The lowest BCUT2D eigenvalue weighted by Gasteiger charge is -2.20. The number of halogens is 6. The standard InChI is InChI=1S/C15H17BrF5NO3/c1-13(2,3)25-12(23)22-7-9-4-10(16)6-11(5-9)24-8-14(17,18)15(19,20)21/h4-6H,7-8H2,1-3H3,(H,22,23). The first-order valence-corrected chi connectivity index (χ1v) is 7.82. The minimum absolute atomic E-state index is 0.0274. The predicted octanol–water partition coefficient (Wildman–Crippen LogP) is 5.05. The maximum Gasteiger partial charge on any atom is 0.456 e. The molecule has 0 atom stereocenters. The van der Waals surface area contributed by atoms with Crippen molar-refractivity contribution >= 4 is 22.0 Å². The van der Waals surface area contributed by atoms with Gasteiger partial charge in [-0.2, -0.15) is 22.0 Å². The summed E-state index contributed by atoms with van der Waals surface area (Å²) in [6, 6.07) is 4.03. The van der Waals surface area contributed by atoms with E-state index in [9.17, 15) is 26.7 Å². The maximum atomic E-state index is 12.9. The van der Waals surface area contributed by atoms with Gasteiger partial charge >= 0.3 is 18.2 Å². The van der Waals surface area contributed by atoms with E-state index in [0.29, 0.717) is 10.0 Å². The SMILES string of the molecule is CC(C)(C)OC(=O)NCc1cc(Br)cc(OCC(F)(F)C(F)(F)F)c1. The molecule has 0 aliphatic heterocycles. The molecule has 0 radical (unpaired) electrons. The Hall–Kier alpha value is -1.58. The van der Waals surface area contributed by atoms with Crippen LogP contribution in [-0.2, 0) is 11.3 Å². The zero-order valence-corrected chi connectivity index (χ0v) is 15.2. The number of hydrogen-bond acceptors (Lipinski definition) is 3. The average Bonchev–Trinajstić information content (AvgIpc) is 2.39. The van der Waals surface area contributed by atoms with Gasteiger partial charge in [0.05, 0.1) is 0 Å². The smallest absolute Gasteiger partial charge is 0.456 e. The van der Waals surface area contributed by atoms with Crippen LogP contribution in [0, 0.1) is 0 Å². The number of ether oxygens (including phenoxy) is 2. The third kappa shape index (κ3) is 7.45. The van der Waals surface area contributed by atoms with Gasteiger partial charge in [0.2, 0.25) is 0 Å². The Balaban J connectivity index is 2.72. The van der Waals surface area contributed by atoms with Gasteiger partial charge in [0, 0.05) is 11.0 Å². The highest BCUT2D eigenvalue weighted by molar-refractivity contribution is 9.10. The number of carbonyl (C=O) groups excluding carboxylic acids is 1. The van der Waals surface area contributed by atoms with Gasteiger partial charge in [-0.15, -0.1) is 0 Å². The largest absolute Gasteiger partial charge is 0.487 e. The van der Waals surface area contributed by atoms with Crippen LogP contribution >= 0.6 is 15.9 Å². The minimum Gasteiger partial charge on any atom is -0.487 e. The van der Waals surface area contributed by atoms with Gasteiger partial charge in [-0.3, -0.25) is 0 Å². The molecule has 0 saturated carbocycles. The van der Waals surface area contributed by atoms with Gasteiger partial charge in [-0.1, -0.05) is 15.9 Å². The summed E-state index contributed by atoms with van der Waals surface area (Å²) in [5.74, 6) is -5.16. The van der Waals surface area contributed by atoms with E-state index in [4.69, 9.17) is 4.74 Å². The zero-order valence-electron chi connectivity index (χ0n) is 13.6. The number of alkyl carbamates (subject to hydrolysis) is 1. The first-order chi connectivity index (χ1) is 11.2. The van der Waals surface area contributed by atoms with Crippen LogP contribution in [0.1, 0.15) is 26.3 Å². The number of nitrogens with one attached hydrogen (secondary N) is 1. The quantitative estimate of drug-likeness (QED) is 0.660. The van der Waals surface area contributed by atoms with Gasteiger partial charge in [0.25, 0.3) is 0 Å². The van der Waals surface area contributed by atoms with Gasteiger partial charge in [-0.25, -0.2) is 4.79 Å². The summed E-state index contributed by atoms with van der Waals surface area (Å²) >= 11 is 3.10. The summed E-state index contributed by atoms with van der Waals surface area (Å²) in [5, 5.41) is 2.44. The first-order valence-electron chi connectivity index (χ1n) is 7.03. The Morgan fingerprint density at radius 3 is 2.24 bits per heavy atom. The molecule has 4 nitrogen and oxygen atoms in total. The van der Waals surface area contributed by atoms with Crippen molar-refractivity contribution in [2.75, 3.05) is 6.61 Å². The molecule has 0 fully saturated rings. The Bertz CT molecular complexity index is 614. The molecule has 1 rings (SSSR count). The summed E-state index contributed by atoms with van der Waals surface area (Å²) in [5.41, 5.74) is -0.274. The molecular formula is C15H17BrF5NO3. The molecule has 0 aliphatic rings. The number of rotatable bonds is 5. The molecule has 1 aromatic rings. The van der Waals surface area contributed by atoms with Crippen molar-refractivity contribution in [3.63, 3.8) is 0 Å². The van der Waals surface area contributed by atoms with E-state index in [1.165, 1.54) is 12.1 Å². The van der Waals surface area contributed by atoms with Crippen molar-refractivity contribution < 1.29 is 36.2 Å². The fourth-order valence-electron chi connectivity index (χ4n) is 1.55. The molecule has 0 heterocycles. The molecule has 1 aromatic carbocycles. The number of amides is 1. The first kappa shape index (κ1) is 21.5. The zero-order chi connectivity index (χ0) is 19.5. The highest BCUT2D eigenvalue weighted by atomic mass is 79.9. The molecule has 0 spiro atoms. The molecule has 0 aliphatic carbocycles. The summed E-state index contributed by atoms with van der Waals surface area (Å²) in [4.78, 5) is 11.6. The van der Waals surface area contributed by atoms with Crippen LogP contribution in [0.15, 0.2) is 22.7 Å². The molecule has 1 amide bonds. The second-order valence-electron chi connectivity index (χ2n) is 6.14. The maximum absolute atomic E-state index is 12.9. The molecule has 0 aromatic heterocycles. The predicted molar refractivity (Wildman–Crippen MR) is 83.7 cm³/mol. The normalized spacial score (nSPS) is 12.7. The second kappa shape index (κ2) is 7.76. The Labute approximate surface area is 149 Å². The van der Waals surface area contributed by atoms with E-state index in [1.807, 2.05) is 0 Å². The molecule has 10 heteroatoms. The van der Waals surface area contributed by atoms with Gasteiger partial charge < -0.3 is 14.8 Å². The summed E-state index contributed by atoms with van der Waals surface area (Å²) in [6.07, 6.45) is -6.39. The van der Waals surface area contributed by atoms with E-state index in [-0.39, 0.29) is 12.3 Å². The summed E-state index contributed by atoms with van der Waals surface area (Å²) in [6.45, 7) is 3.17. The van der Waals surface area contributed by atoms with Crippen LogP contribution in [-0.4, -0.2) is 30.4 Å². The Morgan fingerprint density at radius 1 is 1.12 bits per heavy atom. The Kier molecular flexibility index (Phi) is 6.66. The summed E-state index contributed by atoms with van der Waals surface area (Å²) < 4.78 is 72.2. The highest BCUT2D eigenvalue weighted by Crippen LogP contribution is 2.36. The number of hydrogen-bond donors (Lipinski definition) is 1. The van der Waals surface area contributed by atoms with E-state index < -0.39 is 30.4 Å². The molecule has 25 heavy (non-hydrogen) atoms. The van der Waals surface area contributed by atoms with Crippen molar-refractivity contribution in [1.29, 1.82) is 0 Å². The number of benzene rings is 1. The third-order valence-electron chi connectivity index (χ3n) is 2.60. The minimum atomic E-state index is -5.69. The lowest BCUT2D eigenvalue weighted by molar-refractivity contribution is -0.290. The second-order valence-corrected chi connectivity index (χ2v) is 7.06. The monoisotopic (exact) mass is 433 g/mol. The van der Waals surface area contributed by atoms with E-state index in [1.54, 1.807) is 26.8 Å². The van der Waals surface area contributed by atoms with Gasteiger partial charge in [-0.05, 0) is 44.5 Å². The molecule has 142 valence electrons. The Morgan fingerprint density at radius 2 is 1.72 bits per heavy atom. The van der Waals surface area contributed by atoms with Crippen molar-refractivity contribution in [2.45, 2.75) is 45.0 Å². The van der Waals surface area contributed by atoms with Crippen LogP contribution < -0.4 is 10.1 Å². The van der Waals surface area contributed by atoms with Crippen LogP contribution in [0.3, 0.4) is 0 Å². The number of carbonyl (C=O) groups is 1. The summed E-state index contributed by atoms with van der Waals surface area (Å²) in [7, 11) is 0. The fourth-order valence-corrected chi connectivity index (χ4v) is 2.07. The molecule has 0 bridgehead atoms. The fraction of sp³-hybridized carbons (Fsp3) is 0.533. The molecule has 0 saturated heterocycles. The molecular weight excluding hydrogens is 417 g/mol. The van der Waals surface area contributed by atoms with Crippen LogP contribution in [0.25, 0.3) is 0 Å². The van der Waals surface area contributed by atoms with Gasteiger partial charge in [0.1, 0.15) is 11.4 Å². The van der Waals surface area contributed by atoms with E-state index in [2.05, 4.69) is 26.0 Å². The average molecular weight is 434 g/mol. The van der Waals surface area contributed by atoms with E-state index in [0.717, 1.165) is 0 Å². The van der Waals surface area contributed by atoms with Crippen molar-refractivity contribution in [1.82, 2.24) is 5.32 Å². The topological polar surface area (TPSA) is 47.6 Å². The van der Waals surface area contributed by atoms with E-state index >= 15 is 0 Å². The van der Waals surface area contributed by atoms with Crippen LogP contribution in [0.4, 0.5) is 26.7 Å². The lowest BCUT2D eigenvalue weighted by Crippen LogP contribution is -2.41. The van der Waals surface area contributed by atoms with Gasteiger partial charge in [0.15, 0.2) is 6.61 Å². The lowest BCUT2D eigenvalue weighted by atomic mass is 10.2. The molecule has 1 N–H and O–H groups in total.